The van der Waals surface area contributed by atoms with E-state index in [1.54, 1.807) is 25.2 Å². The number of hydrogen-bond donors (Lipinski definition) is 3. The third-order valence-electron chi connectivity index (χ3n) is 9.12. The standard InChI is InChI=1S/C31H46N2O5S/c1-7-8-11-21-28(36)18(2)10-9-14-31(6)26(38-31)16-22(20-12-13-24-23(15-20)32-19(3)39-24)33-27(35)17-25(34)30(4,5)29(21)37/h12-13,15,18,21-22,25-26,28,34,36H,7-11,14,16-17H2,1-6H3,(H,33,35)/t18-,21+,22-,25-,26-,28-,31+/m0/s1. The molecule has 0 spiro atoms. The Bertz CT molecular complexity index is 1180. The van der Waals surface area contributed by atoms with Gasteiger partial charge in [0.05, 0.1) is 57.0 Å². The second-order valence-electron chi connectivity index (χ2n) is 12.6. The Balaban J connectivity index is 1.62. The van der Waals surface area contributed by atoms with Crippen LogP contribution in [0.5, 0.6) is 0 Å². The van der Waals surface area contributed by atoms with E-state index in [0.29, 0.717) is 12.8 Å². The summed E-state index contributed by atoms with van der Waals surface area (Å²) < 4.78 is 7.29. The van der Waals surface area contributed by atoms with Gasteiger partial charge in [0.15, 0.2) is 0 Å². The molecule has 7 atom stereocenters. The van der Waals surface area contributed by atoms with E-state index < -0.39 is 23.5 Å². The molecule has 4 rings (SSSR count). The number of amides is 1. The maximum Gasteiger partial charge on any atom is 0.223 e. The van der Waals surface area contributed by atoms with E-state index in [0.717, 1.165) is 52.9 Å². The largest absolute Gasteiger partial charge is 0.392 e. The number of epoxide rings is 1. The Morgan fingerprint density at radius 1 is 1.21 bits per heavy atom. The van der Waals surface area contributed by atoms with Gasteiger partial charge < -0.3 is 20.3 Å². The van der Waals surface area contributed by atoms with E-state index in [4.69, 9.17) is 4.74 Å². The van der Waals surface area contributed by atoms with Crippen molar-refractivity contribution in [2.75, 3.05) is 0 Å². The topological polar surface area (TPSA) is 112 Å². The molecule has 2 fully saturated rings. The van der Waals surface area contributed by atoms with Crippen LogP contribution in [0.25, 0.3) is 10.2 Å². The summed E-state index contributed by atoms with van der Waals surface area (Å²) in [7, 11) is 0. The van der Waals surface area contributed by atoms with Crippen LogP contribution in [0.15, 0.2) is 18.2 Å². The van der Waals surface area contributed by atoms with Crippen LogP contribution in [0.3, 0.4) is 0 Å². The maximum absolute atomic E-state index is 13.8. The first-order valence-corrected chi connectivity index (χ1v) is 15.4. The van der Waals surface area contributed by atoms with E-state index in [2.05, 4.69) is 24.1 Å². The first kappa shape index (κ1) is 30.1. The molecule has 2 aliphatic heterocycles. The van der Waals surface area contributed by atoms with E-state index in [-0.39, 0.29) is 41.8 Å². The molecule has 39 heavy (non-hydrogen) atoms. The number of nitrogens with zero attached hydrogens (tertiary/aromatic N) is 1. The van der Waals surface area contributed by atoms with Gasteiger partial charge in [-0.15, -0.1) is 11.3 Å². The fourth-order valence-electron chi connectivity index (χ4n) is 6.13. The molecule has 2 aliphatic rings. The van der Waals surface area contributed by atoms with Crippen LogP contribution in [0.1, 0.15) is 103 Å². The number of benzene rings is 1. The summed E-state index contributed by atoms with van der Waals surface area (Å²) in [5, 5.41) is 26.6. The predicted molar refractivity (Wildman–Crippen MR) is 155 cm³/mol. The predicted octanol–water partition coefficient (Wildman–Crippen LogP) is 5.64. The summed E-state index contributed by atoms with van der Waals surface area (Å²) in [4.78, 5) is 31.7. The Labute approximate surface area is 236 Å². The lowest BCUT2D eigenvalue weighted by atomic mass is 9.70. The van der Waals surface area contributed by atoms with Gasteiger partial charge in [0.1, 0.15) is 5.78 Å². The molecule has 0 unspecified atom stereocenters. The van der Waals surface area contributed by atoms with Gasteiger partial charge in [0, 0.05) is 12.3 Å². The third-order valence-corrected chi connectivity index (χ3v) is 10.1. The van der Waals surface area contributed by atoms with Crippen molar-refractivity contribution in [3.05, 3.63) is 28.8 Å². The number of aromatic nitrogens is 1. The maximum atomic E-state index is 13.8. The molecule has 0 saturated carbocycles. The minimum Gasteiger partial charge on any atom is -0.392 e. The number of ketones is 1. The minimum atomic E-state index is -1.17. The number of hydrogen-bond acceptors (Lipinski definition) is 7. The normalized spacial score (nSPS) is 34.5. The summed E-state index contributed by atoms with van der Waals surface area (Å²) in [6.07, 6.45) is 3.33. The molecule has 2 aromatic rings. The number of aliphatic hydroxyl groups is 2. The van der Waals surface area contributed by atoms with E-state index in [1.165, 1.54) is 0 Å². The molecule has 7 nitrogen and oxygen atoms in total. The van der Waals surface area contributed by atoms with Crippen LogP contribution in [0, 0.1) is 24.2 Å². The molecule has 2 saturated heterocycles. The molecule has 1 aromatic heterocycles. The molecular formula is C31H46N2O5S. The number of nitrogens with one attached hydrogen (secondary N) is 1. The van der Waals surface area contributed by atoms with Crippen LogP contribution in [-0.2, 0) is 14.3 Å². The molecule has 0 bridgehead atoms. The van der Waals surface area contributed by atoms with Crippen molar-refractivity contribution in [2.45, 2.75) is 123 Å². The number of Topliss-reactive ketones (excluding diaryl/α,β-unsaturated/α-hetero) is 1. The number of ether oxygens (including phenoxy) is 1. The molecule has 3 heterocycles. The second kappa shape index (κ2) is 11.9. The minimum absolute atomic E-state index is 0.00375. The van der Waals surface area contributed by atoms with Gasteiger partial charge in [-0.05, 0) is 56.7 Å². The summed E-state index contributed by atoms with van der Waals surface area (Å²) in [5.74, 6) is -1.10. The zero-order chi connectivity index (χ0) is 28.5. The Morgan fingerprint density at radius 2 is 1.95 bits per heavy atom. The lowest BCUT2D eigenvalue weighted by Crippen LogP contribution is -2.47. The van der Waals surface area contributed by atoms with Gasteiger partial charge in [-0.2, -0.15) is 0 Å². The summed E-state index contributed by atoms with van der Waals surface area (Å²) in [5.41, 5.74) is 0.429. The number of carbonyl (C=O) groups is 2. The van der Waals surface area contributed by atoms with Crippen LogP contribution in [0.2, 0.25) is 0 Å². The highest BCUT2D eigenvalue weighted by atomic mass is 32.1. The molecule has 0 radical (unpaired) electrons. The third kappa shape index (κ3) is 6.72. The van der Waals surface area contributed by atoms with Crippen LogP contribution in [0.4, 0.5) is 0 Å². The van der Waals surface area contributed by atoms with E-state index in [9.17, 15) is 19.8 Å². The molecule has 216 valence electrons. The van der Waals surface area contributed by atoms with Gasteiger partial charge in [0.2, 0.25) is 5.91 Å². The van der Waals surface area contributed by atoms with Gasteiger partial charge in [0.25, 0.3) is 0 Å². The number of unbranched alkanes of at least 4 members (excludes halogenated alkanes) is 1. The van der Waals surface area contributed by atoms with Crippen molar-refractivity contribution in [1.29, 1.82) is 0 Å². The highest BCUT2D eigenvalue weighted by Crippen LogP contribution is 2.46. The van der Waals surface area contributed by atoms with Crippen LogP contribution < -0.4 is 5.32 Å². The van der Waals surface area contributed by atoms with Crippen molar-refractivity contribution in [2.24, 2.45) is 17.3 Å². The second-order valence-corrected chi connectivity index (χ2v) is 13.9. The summed E-state index contributed by atoms with van der Waals surface area (Å²) in [6, 6.07) is 5.82. The van der Waals surface area contributed by atoms with E-state index in [1.807, 2.05) is 32.0 Å². The average Bonchev–Trinajstić information content (AvgIpc) is 3.34. The van der Waals surface area contributed by atoms with Crippen molar-refractivity contribution in [1.82, 2.24) is 10.3 Å². The van der Waals surface area contributed by atoms with Gasteiger partial charge >= 0.3 is 0 Å². The number of aliphatic hydroxyl groups excluding tert-OH is 2. The highest BCUT2D eigenvalue weighted by Gasteiger charge is 2.52. The lowest BCUT2D eigenvalue weighted by Gasteiger charge is -2.36. The van der Waals surface area contributed by atoms with Crippen molar-refractivity contribution < 1.29 is 24.5 Å². The smallest absolute Gasteiger partial charge is 0.223 e. The lowest BCUT2D eigenvalue weighted by molar-refractivity contribution is -0.144. The van der Waals surface area contributed by atoms with Crippen molar-refractivity contribution in [3.63, 3.8) is 0 Å². The molecule has 1 amide bonds. The van der Waals surface area contributed by atoms with Crippen molar-refractivity contribution >= 4 is 33.2 Å². The number of carbonyl (C=O) groups excluding carboxylic acids is 2. The zero-order valence-electron chi connectivity index (χ0n) is 24.3. The van der Waals surface area contributed by atoms with Crippen LogP contribution >= 0.6 is 11.3 Å². The average molecular weight is 559 g/mol. The quantitative estimate of drug-likeness (QED) is 0.419. The first-order chi connectivity index (χ1) is 18.4. The van der Waals surface area contributed by atoms with Gasteiger partial charge in [-0.25, -0.2) is 4.98 Å². The Kier molecular flexibility index (Phi) is 9.21. The monoisotopic (exact) mass is 558 g/mol. The van der Waals surface area contributed by atoms with Crippen molar-refractivity contribution in [3.8, 4) is 0 Å². The number of thiazole rings is 1. The molecule has 3 N–H and O–H groups in total. The first-order valence-electron chi connectivity index (χ1n) is 14.6. The number of fused-ring (bicyclic) bond motifs is 2. The highest BCUT2D eigenvalue weighted by molar-refractivity contribution is 7.18. The zero-order valence-corrected chi connectivity index (χ0v) is 25.1. The van der Waals surface area contributed by atoms with Gasteiger partial charge in [-0.3, -0.25) is 9.59 Å². The molecular weight excluding hydrogens is 512 g/mol. The molecule has 8 heteroatoms. The van der Waals surface area contributed by atoms with E-state index >= 15 is 0 Å². The fraction of sp³-hybridized carbons (Fsp3) is 0.710. The molecule has 1 aromatic carbocycles. The number of aryl methyl sites for hydroxylation is 1. The summed E-state index contributed by atoms with van der Waals surface area (Å²) >= 11 is 1.64. The summed E-state index contributed by atoms with van der Waals surface area (Å²) in [6.45, 7) is 11.6. The number of rotatable bonds is 4. The SMILES string of the molecule is CCCC[C@H]1C(=O)C(C)(C)[C@@H](O)CC(=O)N[C@H](c2ccc3sc(C)nc3c2)C[C@@H]2O[C@]2(C)CCC[C@H](C)[C@@H]1O. The Hall–Kier alpha value is -1.87. The van der Waals surface area contributed by atoms with Gasteiger partial charge in [-0.1, -0.05) is 53.0 Å². The fourth-order valence-corrected chi connectivity index (χ4v) is 6.93. The van der Waals surface area contributed by atoms with Crippen LogP contribution in [-0.4, -0.2) is 50.8 Å². The molecule has 0 aliphatic carbocycles. The Morgan fingerprint density at radius 3 is 2.67 bits per heavy atom.